The Hall–Kier alpha value is -1.36. The molecule has 0 aliphatic heterocycles. The van der Waals surface area contributed by atoms with E-state index in [1.807, 2.05) is 0 Å². The van der Waals surface area contributed by atoms with Crippen molar-refractivity contribution < 1.29 is 24.2 Å². The summed E-state index contributed by atoms with van der Waals surface area (Å²) in [6, 6.07) is 0. The molecule has 0 aromatic rings. The molecule has 344 valence electrons. The minimum absolute atomic E-state index is 0.0587. The summed E-state index contributed by atoms with van der Waals surface area (Å²) < 4.78 is 10.7. The smallest absolute Gasteiger partial charge is 0.306 e. The third-order valence-electron chi connectivity index (χ3n) is 12.1. The fourth-order valence-corrected chi connectivity index (χ4v) is 8.08. The monoisotopic (exact) mass is 819 g/mol. The Morgan fingerprint density at radius 2 is 0.638 bits per heavy atom. The number of ether oxygens (including phenoxy) is 2. The maximum Gasteiger partial charge on any atom is 0.306 e. The molecular weight excluding hydrogens is 717 g/mol. The molecule has 0 bridgehead atoms. The van der Waals surface area contributed by atoms with E-state index >= 15 is 0 Å². The molecule has 0 rings (SSSR count). The van der Waals surface area contributed by atoms with E-state index in [1.165, 1.54) is 238 Å². The minimum Gasteiger partial charge on any atom is -0.462 e. The normalized spacial score (nSPS) is 12.1. The van der Waals surface area contributed by atoms with Crippen molar-refractivity contribution in [3.63, 3.8) is 0 Å². The van der Waals surface area contributed by atoms with Crippen LogP contribution in [0.1, 0.15) is 296 Å². The third kappa shape index (κ3) is 47.3. The van der Waals surface area contributed by atoms with E-state index < -0.39 is 6.10 Å². The maximum atomic E-state index is 12.3. The molecule has 0 fully saturated rings. The number of hydrogen-bond donors (Lipinski definition) is 1. The Bertz CT molecular complexity index is 840. The topological polar surface area (TPSA) is 72.8 Å². The fourth-order valence-electron chi connectivity index (χ4n) is 8.08. The number of hydrogen-bond acceptors (Lipinski definition) is 5. The maximum absolute atomic E-state index is 12.3. The molecule has 5 heteroatoms. The molecule has 0 spiro atoms. The van der Waals surface area contributed by atoms with Gasteiger partial charge in [0.15, 0.2) is 6.10 Å². The van der Waals surface area contributed by atoms with Crippen molar-refractivity contribution in [3.8, 4) is 0 Å². The summed E-state index contributed by atoms with van der Waals surface area (Å²) >= 11 is 0. The van der Waals surface area contributed by atoms with Gasteiger partial charge in [0, 0.05) is 12.8 Å². The van der Waals surface area contributed by atoms with E-state index in [0.717, 1.165) is 32.1 Å². The van der Waals surface area contributed by atoms with Gasteiger partial charge in [-0.1, -0.05) is 257 Å². The second kappa shape index (κ2) is 50.0. The molecule has 0 heterocycles. The SMILES string of the molecule is CCCCCCCC/C=C/CCCCCCCCCCCCCC(=O)O[C@@H](CO)COC(=O)CCCCCCCCCCCCCCCCCCCCCCCCC. The van der Waals surface area contributed by atoms with E-state index in [4.69, 9.17) is 9.47 Å². The molecule has 0 aliphatic carbocycles. The second-order valence-corrected chi connectivity index (χ2v) is 18.0. The molecule has 0 amide bonds. The summed E-state index contributed by atoms with van der Waals surface area (Å²) in [7, 11) is 0. The van der Waals surface area contributed by atoms with E-state index in [2.05, 4.69) is 26.0 Å². The first kappa shape index (κ1) is 56.6. The fraction of sp³-hybridized carbons (Fsp3) is 0.925. The number of allylic oxidation sites excluding steroid dienone is 2. The van der Waals surface area contributed by atoms with Gasteiger partial charge in [0.2, 0.25) is 0 Å². The first-order valence-corrected chi connectivity index (χ1v) is 26.2. The molecular formula is C53H102O5. The molecule has 58 heavy (non-hydrogen) atoms. The highest BCUT2D eigenvalue weighted by Crippen LogP contribution is 2.17. The van der Waals surface area contributed by atoms with E-state index in [9.17, 15) is 14.7 Å². The summed E-state index contributed by atoms with van der Waals surface area (Å²) in [5.41, 5.74) is 0. The van der Waals surface area contributed by atoms with Crippen LogP contribution in [-0.4, -0.2) is 36.4 Å². The van der Waals surface area contributed by atoms with E-state index in [-0.39, 0.29) is 25.2 Å². The number of aliphatic hydroxyl groups is 1. The number of unbranched alkanes of at least 4 members (excludes halogenated alkanes) is 39. The second-order valence-electron chi connectivity index (χ2n) is 18.0. The molecule has 0 radical (unpaired) electrons. The number of esters is 2. The van der Waals surface area contributed by atoms with Gasteiger partial charge in [-0.15, -0.1) is 0 Å². The van der Waals surface area contributed by atoms with Crippen molar-refractivity contribution >= 4 is 11.9 Å². The van der Waals surface area contributed by atoms with Gasteiger partial charge in [0.25, 0.3) is 0 Å². The zero-order valence-electron chi connectivity index (χ0n) is 39.3. The largest absolute Gasteiger partial charge is 0.462 e. The third-order valence-corrected chi connectivity index (χ3v) is 12.1. The Morgan fingerprint density at radius 1 is 0.379 bits per heavy atom. The molecule has 0 saturated heterocycles. The average Bonchev–Trinajstić information content (AvgIpc) is 3.23. The van der Waals surface area contributed by atoms with Crippen LogP contribution in [0.3, 0.4) is 0 Å². The lowest BCUT2D eigenvalue weighted by molar-refractivity contribution is -0.161. The van der Waals surface area contributed by atoms with Crippen molar-refractivity contribution in [1.82, 2.24) is 0 Å². The molecule has 0 unspecified atom stereocenters. The van der Waals surface area contributed by atoms with Crippen LogP contribution >= 0.6 is 0 Å². The standard InChI is InChI=1S/C53H102O5/c1-3-5-7-9-11-13-15-17-19-21-23-25-26-28-29-31-33-35-37-39-41-43-45-47-52(55)57-50-51(49-54)58-53(56)48-46-44-42-40-38-36-34-32-30-27-24-22-20-18-16-14-12-10-8-6-4-2/h18,20,51,54H,3-17,19,21-50H2,1-2H3/b20-18+/t51-/m0/s1. The van der Waals surface area contributed by atoms with Gasteiger partial charge in [-0.3, -0.25) is 9.59 Å². The van der Waals surface area contributed by atoms with Gasteiger partial charge in [0.05, 0.1) is 6.61 Å². The number of carbonyl (C=O) groups is 2. The lowest BCUT2D eigenvalue weighted by Gasteiger charge is -2.15. The molecule has 0 aromatic heterocycles. The predicted molar refractivity (Wildman–Crippen MR) is 252 cm³/mol. The van der Waals surface area contributed by atoms with Crippen LogP contribution in [0, 0.1) is 0 Å². The van der Waals surface area contributed by atoms with Crippen molar-refractivity contribution in [1.29, 1.82) is 0 Å². The summed E-state index contributed by atoms with van der Waals surface area (Å²) in [5, 5.41) is 9.63. The van der Waals surface area contributed by atoms with Gasteiger partial charge >= 0.3 is 11.9 Å². The summed E-state index contributed by atoms with van der Waals surface area (Å²) in [6.45, 7) is 4.19. The molecule has 0 saturated carbocycles. The van der Waals surface area contributed by atoms with Crippen LogP contribution in [0.5, 0.6) is 0 Å². The predicted octanol–water partition coefficient (Wildman–Crippen LogP) is 17.2. The van der Waals surface area contributed by atoms with Crippen LogP contribution in [0.15, 0.2) is 12.2 Å². The molecule has 0 aromatic carbocycles. The number of aliphatic hydroxyl groups excluding tert-OH is 1. The minimum atomic E-state index is -0.766. The highest BCUT2D eigenvalue weighted by atomic mass is 16.6. The van der Waals surface area contributed by atoms with Crippen molar-refractivity contribution in [2.24, 2.45) is 0 Å². The van der Waals surface area contributed by atoms with Gasteiger partial charge in [0.1, 0.15) is 6.61 Å². The molecule has 5 nitrogen and oxygen atoms in total. The Morgan fingerprint density at radius 3 is 0.931 bits per heavy atom. The van der Waals surface area contributed by atoms with Gasteiger partial charge in [-0.2, -0.15) is 0 Å². The van der Waals surface area contributed by atoms with Crippen molar-refractivity contribution in [3.05, 3.63) is 12.2 Å². The molecule has 1 atom stereocenters. The lowest BCUT2D eigenvalue weighted by Crippen LogP contribution is -2.28. The van der Waals surface area contributed by atoms with E-state index in [1.54, 1.807) is 0 Å². The van der Waals surface area contributed by atoms with Crippen molar-refractivity contribution in [2.75, 3.05) is 13.2 Å². The van der Waals surface area contributed by atoms with Gasteiger partial charge in [-0.05, 0) is 38.5 Å². The van der Waals surface area contributed by atoms with E-state index in [0.29, 0.717) is 12.8 Å². The number of rotatable bonds is 49. The highest BCUT2D eigenvalue weighted by Gasteiger charge is 2.16. The van der Waals surface area contributed by atoms with Crippen LogP contribution < -0.4 is 0 Å². The summed E-state index contributed by atoms with van der Waals surface area (Å²) in [4.78, 5) is 24.5. The van der Waals surface area contributed by atoms with Gasteiger partial charge in [-0.25, -0.2) is 0 Å². The average molecular weight is 819 g/mol. The van der Waals surface area contributed by atoms with Crippen LogP contribution in [0.2, 0.25) is 0 Å². The zero-order chi connectivity index (χ0) is 42.1. The van der Waals surface area contributed by atoms with Crippen LogP contribution in [-0.2, 0) is 19.1 Å². The molecule has 0 aliphatic rings. The van der Waals surface area contributed by atoms with Crippen LogP contribution in [0.25, 0.3) is 0 Å². The summed E-state index contributed by atoms with van der Waals surface area (Å²) in [6.07, 6.45) is 60.3. The van der Waals surface area contributed by atoms with Crippen LogP contribution in [0.4, 0.5) is 0 Å². The first-order valence-electron chi connectivity index (χ1n) is 26.2. The zero-order valence-corrected chi connectivity index (χ0v) is 39.3. The van der Waals surface area contributed by atoms with Crippen molar-refractivity contribution in [2.45, 2.75) is 302 Å². The Balaban J connectivity index is 3.43. The van der Waals surface area contributed by atoms with Gasteiger partial charge < -0.3 is 14.6 Å². The number of carbonyl (C=O) groups excluding carboxylic acids is 2. The molecule has 1 N–H and O–H groups in total. The quantitative estimate of drug-likeness (QED) is 0.0376. The first-order chi connectivity index (χ1) is 28.6. The highest BCUT2D eigenvalue weighted by molar-refractivity contribution is 5.70. The lowest BCUT2D eigenvalue weighted by atomic mass is 10.0. The Labute approximate surface area is 362 Å². The Kier molecular flexibility index (Phi) is 48.8. The summed E-state index contributed by atoms with van der Waals surface area (Å²) in [5.74, 6) is -0.571.